The van der Waals surface area contributed by atoms with Gasteiger partial charge in [0.2, 0.25) is 29.5 Å². The van der Waals surface area contributed by atoms with Gasteiger partial charge < -0.3 is 80.3 Å². The minimum atomic E-state index is -0.992. The second kappa shape index (κ2) is 48.1. The van der Waals surface area contributed by atoms with Gasteiger partial charge in [0, 0.05) is 225 Å². The first-order valence-electron chi connectivity index (χ1n) is 52.8. The molecule has 11 amide bonds. The highest BCUT2D eigenvalue weighted by molar-refractivity contribution is 8.01. The third kappa shape index (κ3) is 26.7. The van der Waals surface area contributed by atoms with Gasteiger partial charge in [-0.05, 0) is 204 Å². The molecule has 6 aromatic rings. The number of carbonyl (C=O) groups is 9. The predicted octanol–water partition coefficient (Wildman–Crippen LogP) is 17.3. The molecule has 0 saturated carbocycles. The molecule has 0 aliphatic carbocycles. The number of piperidine rings is 3. The Morgan fingerprint density at radius 3 is 0.890 bits per heavy atom. The monoisotopic (exact) mass is 2050 g/mol. The van der Waals surface area contributed by atoms with Crippen LogP contribution < -0.4 is 36.0 Å². The Morgan fingerprint density at radius 1 is 0.352 bits per heavy atom. The van der Waals surface area contributed by atoms with Crippen molar-refractivity contribution in [3.05, 3.63) is 178 Å². The van der Waals surface area contributed by atoms with Crippen LogP contribution in [-0.4, -0.2) is 320 Å². The number of rotatable bonds is 21. The highest BCUT2D eigenvalue weighted by Crippen LogP contribution is 2.53. The maximum Gasteiger partial charge on any atom is 0.322 e. The topological polar surface area (TPSA) is 267 Å². The number of carbonyl (C=O) groups excluding carboxylic acids is 8. The Labute approximate surface area is 869 Å². The van der Waals surface area contributed by atoms with E-state index in [2.05, 4.69) is 159 Å². The van der Waals surface area contributed by atoms with Crippen molar-refractivity contribution in [2.75, 3.05) is 188 Å². The van der Waals surface area contributed by atoms with Crippen molar-refractivity contribution in [3.63, 3.8) is 0 Å². The van der Waals surface area contributed by atoms with Crippen LogP contribution in [0.5, 0.6) is 0 Å². The molecule has 28 nitrogen and oxygen atoms in total. The molecule has 12 aliphatic heterocycles. The van der Waals surface area contributed by atoms with Crippen molar-refractivity contribution in [1.29, 1.82) is 0 Å². The predicted molar refractivity (Wildman–Crippen MR) is 576 cm³/mol. The number of hydrogen-bond acceptors (Lipinski definition) is 19. The van der Waals surface area contributed by atoms with Crippen molar-refractivity contribution >= 4 is 123 Å². The lowest BCUT2D eigenvalue weighted by Gasteiger charge is -2.43. The number of likely N-dealkylation sites (tertiary alicyclic amines) is 2. The van der Waals surface area contributed by atoms with Crippen LogP contribution in [0.3, 0.4) is 0 Å². The third-order valence-corrected chi connectivity index (χ3v) is 34.7. The van der Waals surface area contributed by atoms with Crippen molar-refractivity contribution in [2.24, 2.45) is 17.8 Å². The van der Waals surface area contributed by atoms with Crippen LogP contribution in [0, 0.1) is 35.2 Å². The number of halogens is 3. The van der Waals surface area contributed by atoms with E-state index in [1.807, 2.05) is 121 Å². The fraction of sp³-hybridized carbons (Fsp3) is 0.595. The number of hydrogen-bond donors (Lipinski definition) is 5. The van der Waals surface area contributed by atoms with Gasteiger partial charge in [-0.25, -0.2) is 27.6 Å². The van der Waals surface area contributed by atoms with E-state index in [1.54, 1.807) is 23.1 Å². The summed E-state index contributed by atoms with van der Waals surface area (Å²) in [5.74, 6) is -1.46. The lowest BCUT2D eigenvalue weighted by atomic mass is 10.0. The second-order valence-corrected chi connectivity index (χ2v) is 48.7. The van der Waals surface area contributed by atoms with Gasteiger partial charge in [0.15, 0.2) is 0 Å². The Morgan fingerprint density at radius 2 is 0.621 bits per heavy atom. The summed E-state index contributed by atoms with van der Waals surface area (Å²) in [5.41, 5.74) is 10.5. The second-order valence-electron chi connectivity index (χ2n) is 44.9. The molecule has 0 aromatic heterocycles. The minimum Gasteiger partial charge on any atom is -0.481 e. The maximum atomic E-state index is 15.7. The molecule has 788 valence electrons. The van der Waals surface area contributed by atoms with Crippen LogP contribution in [0.15, 0.2) is 127 Å². The number of benzene rings is 6. The Balaban J connectivity index is 0.000000153. The van der Waals surface area contributed by atoms with E-state index in [1.165, 1.54) is 59.0 Å². The summed E-state index contributed by atoms with van der Waals surface area (Å²) in [6.07, 6.45) is 7.50. The Bertz CT molecular complexity index is 5300. The Kier molecular flexibility index (Phi) is 36.2. The summed E-state index contributed by atoms with van der Waals surface area (Å²) in [6, 6.07) is 39.8. The standard InChI is InChI=1S/2C37H51FN6O3S.C23H34FN3O3S.C14H19N3O/c2*1-25(2)24-44-34(46)31(48-35(44)28-10-8-11-29(38)33(28)41-19-21-42(22-20-41)37(3,4)5)23-32(45)40-16-14-27(15-17-40)43-18-13-26-9-6-7-12-30(26)39-36(43)47;1-15(2)14-27-21(30)18(13-19(28)29)31-22(27)16-7-6-8-17(24)20(16)25-9-11-26(12-10-25)23(3,4)5;18-14-16-13-4-2-1-3-11(13)7-10-17(14)12-5-8-15-9-6-12/h2*6-12,25,27,31,35H,13-24H2,1-5H3,(H,39,47);6-8,15,18,22H,9-14H2,1-5H3,(H,28,29);1-4,12,15H,5-10H2,(H,16,18)/t31-,35+;31-,35-;18-,22?;/m000./s1. The first-order valence-corrected chi connectivity index (χ1v) is 55.6. The SMILES string of the molecule is CC(C)CN1C(=O)[C@H](CC(=O)N2CCC(N3CCc4ccccc4NC3=O)CC2)S[C@@H]1c1cccc(F)c1N1CCN(C(C)(C)C)CC1.CC(C)CN1C(=O)[C@H](CC(=O)N2CCC(N3CCc4ccccc4NC3=O)CC2)S[C@H]1c1cccc(F)c1N1CCN(C(C)(C)C)CC1.CC(C)CN1C(=O)[C@H](CC(=O)O)SC1c1cccc(F)c1N1CCN(C(C)(C)C)CC1.O=C1Nc2ccccc2CCN1C1CCNCC1. The van der Waals surface area contributed by atoms with E-state index >= 15 is 13.2 Å². The van der Waals surface area contributed by atoms with Gasteiger partial charge in [-0.3, -0.25) is 43.5 Å². The van der Waals surface area contributed by atoms with Gasteiger partial charge in [-0.15, -0.1) is 35.3 Å². The van der Waals surface area contributed by atoms with E-state index in [-0.39, 0.29) is 147 Å². The molecule has 145 heavy (non-hydrogen) atoms. The van der Waals surface area contributed by atoms with Crippen LogP contribution >= 0.6 is 35.3 Å². The van der Waals surface area contributed by atoms with E-state index in [9.17, 15) is 48.3 Å². The number of carboxylic acid groups (broad SMARTS) is 1. The van der Waals surface area contributed by atoms with Crippen LogP contribution in [0.25, 0.3) is 0 Å². The highest BCUT2D eigenvalue weighted by Gasteiger charge is 2.50. The molecule has 9 saturated heterocycles. The molecule has 18 rings (SSSR count). The summed E-state index contributed by atoms with van der Waals surface area (Å²) in [5, 5.41) is 19.0. The van der Waals surface area contributed by atoms with E-state index in [4.69, 9.17) is 0 Å². The minimum absolute atomic E-state index is 0.0325. The van der Waals surface area contributed by atoms with E-state index < -0.39 is 21.7 Å². The number of amides is 11. The summed E-state index contributed by atoms with van der Waals surface area (Å²) < 4.78 is 46.5. The van der Waals surface area contributed by atoms with Crippen molar-refractivity contribution in [1.82, 2.24) is 59.2 Å². The van der Waals surface area contributed by atoms with Crippen LogP contribution in [0.2, 0.25) is 0 Å². The first kappa shape index (κ1) is 109. The highest BCUT2D eigenvalue weighted by atomic mass is 32.2. The fourth-order valence-corrected chi connectivity index (χ4v) is 27.0. The molecule has 0 radical (unpaired) electrons. The molecule has 9 fully saturated rings. The Hall–Kier alpha value is -9.97. The van der Waals surface area contributed by atoms with Crippen molar-refractivity contribution in [2.45, 2.75) is 248 Å². The van der Waals surface area contributed by atoms with Crippen LogP contribution in [0.1, 0.15) is 211 Å². The maximum absolute atomic E-state index is 15.7. The van der Waals surface area contributed by atoms with Gasteiger partial charge in [0.25, 0.3) is 0 Å². The molecule has 12 aliphatic rings. The molecule has 1 unspecified atom stereocenters. The van der Waals surface area contributed by atoms with Gasteiger partial charge >= 0.3 is 24.1 Å². The molecular weight excluding hydrogens is 1900 g/mol. The smallest absolute Gasteiger partial charge is 0.322 e. The number of fused-ring (bicyclic) bond motifs is 3. The number of para-hydroxylation sites is 6. The number of nitrogens with zero attached hydrogens (tertiary/aromatic N) is 14. The number of piperazine rings is 3. The first-order chi connectivity index (χ1) is 69.1. The number of thioether (sulfide) groups is 3. The molecule has 6 aromatic carbocycles. The lowest BCUT2D eigenvalue weighted by Crippen LogP contribution is -2.53. The molecule has 34 heteroatoms. The average Bonchev–Trinajstić information content (AvgIpc) is 1.61. The summed E-state index contributed by atoms with van der Waals surface area (Å²) in [7, 11) is 0. The van der Waals surface area contributed by atoms with Crippen molar-refractivity contribution < 1.29 is 61.4 Å². The van der Waals surface area contributed by atoms with E-state index in [0.717, 1.165) is 136 Å². The summed E-state index contributed by atoms with van der Waals surface area (Å²) in [6.45, 7) is 49.5. The number of anilines is 6. The number of aliphatic carboxylic acids is 1. The molecule has 5 N–H and O–H groups in total. The van der Waals surface area contributed by atoms with Crippen LogP contribution in [-0.2, 0) is 48.0 Å². The zero-order chi connectivity index (χ0) is 104. The molecule has 0 spiro atoms. The van der Waals surface area contributed by atoms with Gasteiger partial charge in [0.05, 0.1) is 39.2 Å². The van der Waals surface area contributed by atoms with Gasteiger partial charge in [-0.1, -0.05) is 133 Å². The average molecular weight is 2050 g/mol. The zero-order valence-corrected chi connectivity index (χ0v) is 90.2. The molecule has 12 heterocycles. The zero-order valence-electron chi connectivity index (χ0n) is 87.7. The third-order valence-electron chi connectivity index (χ3n) is 30.3. The normalized spacial score (nSPS) is 22.8. The number of nitrogens with one attached hydrogen (secondary N) is 4. The summed E-state index contributed by atoms with van der Waals surface area (Å²) in [4.78, 5) is 147. The van der Waals surface area contributed by atoms with Gasteiger partial charge in [-0.2, -0.15) is 0 Å². The van der Waals surface area contributed by atoms with Crippen molar-refractivity contribution in [3.8, 4) is 0 Å². The molecule has 0 bridgehead atoms. The largest absolute Gasteiger partial charge is 0.481 e. The number of urea groups is 3. The van der Waals surface area contributed by atoms with Crippen LogP contribution in [0.4, 0.5) is 61.7 Å². The van der Waals surface area contributed by atoms with E-state index in [0.29, 0.717) is 147 Å². The fourth-order valence-electron chi connectivity index (χ4n) is 22.5. The van der Waals surface area contributed by atoms with Gasteiger partial charge in [0.1, 0.15) is 33.6 Å². The lowest BCUT2D eigenvalue weighted by molar-refractivity contribution is -0.140. The summed E-state index contributed by atoms with van der Waals surface area (Å²) >= 11 is 4.31. The quantitative estimate of drug-likeness (QED) is 0.0448. The molecule has 6 atom stereocenters. The molecular formula is C111H155F3N18O10S3. The number of carboxylic acids is 1.